The van der Waals surface area contributed by atoms with Gasteiger partial charge in [-0.2, -0.15) is 0 Å². The molecule has 39 heavy (non-hydrogen) atoms. The van der Waals surface area contributed by atoms with E-state index < -0.39 is 9.84 Å². The zero-order valence-corrected chi connectivity index (χ0v) is 23.7. The molecule has 0 radical (unpaired) electrons. The third-order valence-corrected chi connectivity index (χ3v) is 9.09. The second-order valence-electron chi connectivity index (χ2n) is 10.2. The van der Waals surface area contributed by atoms with Crippen molar-refractivity contribution < 1.29 is 17.9 Å². The van der Waals surface area contributed by atoms with Gasteiger partial charge >= 0.3 is 0 Å². The van der Waals surface area contributed by atoms with Crippen LogP contribution in [0, 0.1) is 19.8 Å². The van der Waals surface area contributed by atoms with Crippen molar-refractivity contribution in [2.45, 2.75) is 57.1 Å². The number of hydrogen-bond donors (Lipinski definition) is 2. The number of ether oxygens (including phenoxy) is 1. The van der Waals surface area contributed by atoms with Gasteiger partial charge in [-0.25, -0.2) is 23.4 Å². The van der Waals surface area contributed by atoms with Crippen LogP contribution < -0.4 is 10.6 Å². The lowest BCUT2D eigenvalue weighted by molar-refractivity contribution is -0.117. The lowest BCUT2D eigenvalue weighted by Gasteiger charge is -2.25. The molecule has 4 aromatic rings. The van der Waals surface area contributed by atoms with Gasteiger partial charge in [0.2, 0.25) is 5.91 Å². The lowest BCUT2D eigenvalue weighted by Crippen LogP contribution is -2.20. The van der Waals surface area contributed by atoms with Crippen molar-refractivity contribution in [3.05, 3.63) is 41.2 Å². The number of aromatic nitrogens is 4. The molecule has 1 aliphatic heterocycles. The second-order valence-corrected chi connectivity index (χ2v) is 13.4. The summed E-state index contributed by atoms with van der Waals surface area (Å²) in [7, 11) is -3.60. The first-order chi connectivity index (χ1) is 18.7. The summed E-state index contributed by atoms with van der Waals surface area (Å²) in [5.41, 5.74) is 2.83. The third kappa shape index (κ3) is 5.28. The summed E-state index contributed by atoms with van der Waals surface area (Å²) in [6, 6.07) is 6.95. The largest absolute Gasteiger partial charge is 0.358 e. The summed E-state index contributed by atoms with van der Waals surface area (Å²) in [6.45, 7) is 4.52. The van der Waals surface area contributed by atoms with Crippen molar-refractivity contribution in [1.82, 2.24) is 19.5 Å². The molecule has 12 heteroatoms. The number of nitrogens with one attached hydrogen (secondary N) is 2. The van der Waals surface area contributed by atoms with Crippen molar-refractivity contribution in [3.63, 3.8) is 0 Å². The van der Waals surface area contributed by atoms with Gasteiger partial charge in [0, 0.05) is 41.5 Å². The highest BCUT2D eigenvalue weighted by molar-refractivity contribution is 7.90. The van der Waals surface area contributed by atoms with Crippen LogP contribution in [0.1, 0.15) is 49.0 Å². The fraction of sp³-hybridized carbons (Fsp3) is 0.407. The monoisotopic (exact) mass is 566 g/mol. The average molecular weight is 567 g/mol. The summed E-state index contributed by atoms with van der Waals surface area (Å²) >= 11 is 1.51. The van der Waals surface area contributed by atoms with Crippen LogP contribution in [0.4, 0.5) is 17.2 Å². The number of hydrogen-bond acceptors (Lipinski definition) is 9. The van der Waals surface area contributed by atoms with E-state index in [9.17, 15) is 13.2 Å². The Balaban J connectivity index is 1.46. The number of fused-ring (bicyclic) bond motifs is 1. The van der Waals surface area contributed by atoms with E-state index in [0.29, 0.717) is 35.0 Å². The van der Waals surface area contributed by atoms with Gasteiger partial charge in [-0.1, -0.05) is 0 Å². The summed E-state index contributed by atoms with van der Waals surface area (Å²) in [5.74, 6) is 1.06. The maximum atomic E-state index is 12.9. The van der Waals surface area contributed by atoms with E-state index in [-0.39, 0.29) is 22.9 Å². The van der Waals surface area contributed by atoms with Crippen LogP contribution in [0.3, 0.4) is 0 Å². The predicted octanol–water partition coefficient (Wildman–Crippen LogP) is 5.37. The van der Waals surface area contributed by atoms with Crippen molar-refractivity contribution >= 4 is 55.4 Å². The molecular formula is C27H30N6O4S2. The fourth-order valence-electron chi connectivity index (χ4n) is 4.88. The van der Waals surface area contributed by atoms with Crippen LogP contribution in [0.5, 0.6) is 0 Å². The molecule has 10 nitrogen and oxygen atoms in total. The van der Waals surface area contributed by atoms with Crippen LogP contribution >= 0.6 is 11.3 Å². The Morgan fingerprint density at radius 3 is 2.59 bits per heavy atom. The normalized spacial score (nSPS) is 17.9. The highest BCUT2D eigenvalue weighted by Crippen LogP contribution is 2.37. The molecule has 0 spiro atoms. The minimum Gasteiger partial charge on any atom is -0.358 e. The summed E-state index contributed by atoms with van der Waals surface area (Å²) in [4.78, 5) is 27.8. The molecule has 2 N–H and O–H groups in total. The van der Waals surface area contributed by atoms with Gasteiger partial charge in [0.15, 0.2) is 15.5 Å². The molecule has 2 aliphatic rings. The number of carbonyl (C=O) groups is 1. The standard InChI is InChI=1S/C27H30N6O4S2/c1-15-14-28-27(38-15)18-9-10-19(21(12-18)39(3,35)36)30-20-13-22(32-26(34)17-7-8-17)31-25-24(20)29-16(2)33(25)23-6-4-5-11-37-23/h9-10,12-14,17,23H,4-8,11H2,1-3H3,(H2,30,31,32,34). The molecule has 1 aliphatic carbocycles. The maximum Gasteiger partial charge on any atom is 0.228 e. The lowest BCUT2D eigenvalue weighted by atomic mass is 10.2. The van der Waals surface area contributed by atoms with E-state index in [2.05, 4.69) is 15.6 Å². The minimum absolute atomic E-state index is 0.00566. The first kappa shape index (κ1) is 25.9. The van der Waals surface area contributed by atoms with Gasteiger partial charge in [-0.3, -0.25) is 9.36 Å². The molecule has 6 rings (SSSR count). The van der Waals surface area contributed by atoms with Crippen molar-refractivity contribution in [1.29, 1.82) is 0 Å². The number of amides is 1. The number of sulfone groups is 1. The molecule has 2 fully saturated rings. The van der Waals surface area contributed by atoms with Crippen LogP contribution in [0.15, 0.2) is 35.4 Å². The molecule has 204 valence electrons. The zero-order chi connectivity index (χ0) is 27.3. The number of benzene rings is 1. The Kier molecular flexibility index (Phi) is 6.64. The molecule has 3 aromatic heterocycles. The Morgan fingerprint density at radius 1 is 1.10 bits per heavy atom. The highest BCUT2D eigenvalue weighted by Gasteiger charge is 2.31. The van der Waals surface area contributed by atoms with Gasteiger partial charge in [0.05, 0.1) is 16.3 Å². The minimum atomic E-state index is -3.60. The summed E-state index contributed by atoms with van der Waals surface area (Å²) < 4.78 is 33.8. The van der Waals surface area contributed by atoms with E-state index in [4.69, 9.17) is 14.7 Å². The number of nitrogens with zero attached hydrogens (tertiary/aromatic N) is 4. The zero-order valence-electron chi connectivity index (χ0n) is 22.0. The first-order valence-electron chi connectivity index (χ1n) is 13.0. The third-order valence-electron chi connectivity index (χ3n) is 6.99. The number of aryl methyl sites for hydroxylation is 2. The molecule has 1 aromatic carbocycles. The Morgan fingerprint density at radius 2 is 1.92 bits per heavy atom. The smallest absolute Gasteiger partial charge is 0.228 e. The van der Waals surface area contributed by atoms with Crippen LogP contribution in [0.2, 0.25) is 0 Å². The second kappa shape index (κ2) is 10.00. The van der Waals surface area contributed by atoms with Crippen LogP contribution in [0.25, 0.3) is 21.7 Å². The molecule has 0 bridgehead atoms. The summed E-state index contributed by atoms with van der Waals surface area (Å²) in [6.07, 6.45) is 7.38. The van der Waals surface area contributed by atoms with E-state index in [0.717, 1.165) is 53.4 Å². The van der Waals surface area contributed by atoms with Gasteiger partial charge < -0.3 is 15.4 Å². The van der Waals surface area contributed by atoms with E-state index in [1.165, 1.54) is 17.6 Å². The van der Waals surface area contributed by atoms with Gasteiger partial charge in [-0.05, 0) is 64.2 Å². The first-order valence-corrected chi connectivity index (χ1v) is 15.7. The van der Waals surface area contributed by atoms with Crippen LogP contribution in [-0.2, 0) is 19.4 Å². The Bertz CT molecular complexity index is 1680. The number of thiazole rings is 1. The Hall–Kier alpha value is -3.35. The number of pyridine rings is 1. The predicted molar refractivity (Wildman–Crippen MR) is 151 cm³/mol. The fourth-order valence-corrected chi connectivity index (χ4v) is 6.50. The Labute approximate surface area is 230 Å². The average Bonchev–Trinajstić information content (AvgIpc) is 3.58. The van der Waals surface area contributed by atoms with Gasteiger partial charge in [-0.15, -0.1) is 11.3 Å². The number of anilines is 3. The van der Waals surface area contributed by atoms with Crippen molar-refractivity contribution in [3.8, 4) is 10.6 Å². The van der Waals surface area contributed by atoms with E-state index >= 15 is 0 Å². The van der Waals surface area contributed by atoms with Gasteiger partial charge in [0.25, 0.3) is 0 Å². The highest BCUT2D eigenvalue weighted by atomic mass is 32.2. The molecule has 1 unspecified atom stereocenters. The molecule has 1 amide bonds. The SMILES string of the molecule is Cc1cnc(-c2ccc(Nc3cc(NC(=O)C4CC4)nc4c3nc(C)n4C3CCCCO3)c(S(C)(=O)=O)c2)s1. The number of carbonyl (C=O) groups excluding carboxylic acids is 1. The maximum absolute atomic E-state index is 12.9. The number of rotatable bonds is 7. The number of imidazole rings is 1. The van der Waals surface area contributed by atoms with Crippen LogP contribution in [-0.4, -0.2) is 46.7 Å². The molecule has 1 saturated heterocycles. The molecular weight excluding hydrogens is 536 g/mol. The molecule has 1 atom stereocenters. The van der Waals surface area contributed by atoms with Crippen molar-refractivity contribution in [2.24, 2.45) is 5.92 Å². The summed E-state index contributed by atoms with van der Waals surface area (Å²) in [5, 5.41) is 7.00. The molecule has 1 saturated carbocycles. The topological polar surface area (TPSA) is 128 Å². The molecule has 4 heterocycles. The quantitative estimate of drug-likeness (QED) is 0.306. The van der Waals surface area contributed by atoms with E-state index in [1.807, 2.05) is 24.5 Å². The van der Waals surface area contributed by atoms with Crippen molar-refractivity contribution in [2.75, 3.05) is 23.5 Å². The van der Waals surface area contributed by atoms with Gasteiger partial charge in [0.1, 0.15) is 28.4 Å². The van der Waals surface area contributed by atoms with E-state index in [1.54, 1.807) is 24.4 Å².